The first kappa shape index (κ1) is 21.5. The van der Waals surface area contributed by atoms with Crippen molar-refractivity contribution in [2.24, 2.45) is 0 Å². The van der Waals surface area contributed by atoms with E-state index in [0.29, 0.717) is 29.6 Å². The van der Waals surface area contributed by atoms with Crippen LogP contribution in [0.2, 0.25) is 5.02 Å². The molecule has 2 aliphatic rings. The van der Waals surface area contributed by atoms with Crippen molar-refractivity contribution in [2.45, 2.75) is 30.4 Å². The van der Waals surface area contributed by atoms with E-state index in [1.807, 2.05) is 0 Å². The maximum atomic E-state index is 14.2. The zero-order valence-corrected chi connectivity index (χ0v) is 18.6. The van der Waals surface area contributed by atoms with E-state index in [9.17, 15) is 22.0 Å². The van der Waals surface area contributed by atoms with Crippen LogP contribution in [-0.2, 0) is 21.4 Å². The molecule has 160 valence electrons. The van der Waals surface area contributed by atoms with Crippen LogP contribution in [-0.4, -0.2) is 37.9 Å². The van der Waals surface area contributed by atoms with Crippen LogP contribution in [0.1, 0.15) is 18.4 Å². The molecule has 0 radical (unpaired) electrons. The lowest BCUT2D eigenvalue weighted by molar-refractivity contribution is 0.136. The molecule has 0 N–H and O–H groups in total. The Bertz CT molecular complexity index is 1100. The van der Waals surface area contributed by atoms with Gasteiger partial charge >= 0.3 is 6.09 Å². The Kier molecular flexibility index (Phi) is 5.78. The van der Waals surface area contributed by atoms with Crippen molar-refractivity contribution in [3.63, 3.8) is 0 Å². The molecule has 0 atom stereocenters. The van der Waals surface area contributed by atoms with Crippen LogP contribution in [0.25, 0.3) is 0 Å². The molecule has 0 spiro atoms. The minimum absolute atomic E-state index is 0.0724. The molecule has 0 aliphatic carbocycles. The third-order valence-electron chi connectivity index (χ3n) is 5.20. The fourth-order valence-corrected chi connectivity index (χ4v) is 6.58. The Morgan fingerprint density at radius 3 is 2.50 bits per heavy atom. The molecule has 1 saturated heterocycles. The first-order valence-electron chi connectivity index (χ1n) is 9.07. The number of anilines is 1. The molecule has 2 heterocycles. The Morgan fingerprint density at radius 1 is 1.13 bits per heavy atom. The van der Waals surface area contributed by atoms with Crippen molar-refractivity contribution in [1.82, 2.24) is 4.31 Å². The number of ether oxygens (including phenoxy) is 1. The van der Waals surface area contributed by atoms with Crippen molar-refractivity contribution >= 4 is 49.3 Å². The van der Waals surface area contributed by atoms with Gasteiger partial charge in [-0.3, -0.25) is 4.90 Å². The number of hydrogen-bond donors (Lipinski definition) is 0. The third kappa shape index (κ3) is 3.81. The summed E-state index contributed by atoms with van der Waals surface area (Å²) < 4.78 is 59.6. The maximum Gasteiger partial charge on any atom is 0.414 e. The Labute approximate surface area is 185 Å². The summed E-state index contributed by atoms with van der Waals surface area (Å²) in [5, 5.41) is 0.527. The molecule has 0 saturated carbocycles. The lowest BCUT2D eigenvalue weighted by Crippen LogP contribution is -2.50. The van der Waals surface area contributed by atoms with Gasteiger partial charge in [0.15, 0.2) is 0 Å². The largest absolute Gasteiger partial charge is 0.444 e. The smallest absolute Gasteiger partial charge is 0.414 e. The summed E-state index contributed by atoms with van der Waals surface area (Å²) in [7, 11) is -4.18. The molecule has 1 fully saturated rings. The molecule has 2 aliphatic heterocycles. The Morgan fingerprint density at radius 2 is 1.83 bits per heavy atom. The van der Waals surface area contributed by atoms with Crippen LogP contribution in [0.4, 0.5) is 19.3 Å². The SMILES string of the molecule is O=C1OCc2cc(Cl)ccc2N1C1CCN(S(=O)(=O)c2c(F)cc(F)cc2Br)CC1. The van der Waals surface area contributed by atoms with Crippen molar-refractivity contribution in [2.75, 3.05) is 18.0 Å². The van der Waals surface area contributed by atoms with Crippen LogP contribution in [0.15, 0.2) is 39.7 Å². The quantitative estimate of drug-likeness (QED) is 0.588. The second-order valence-corrected chi connectivity index (χ2v) is 10.2. The zero-order chi connectivity index (χ0) is 21.6. The number of nitrogens with zero attached hydrogens (tertiary/aromatic N) is 2. The average molecular weight is 522 g/mol. The topological polar surface area (TPSA) is 66.9 Å². The van der Waals surface area contributed by atoms with Crippen molar-refractivity contribution in [3.05, 3.63) is 57.0 Å². The van der Waals surface area contributed by atoms with Crippen LogP contribution >= 0.6 is 27.5 Å². The van der Waals surface area contributed by atoms with E-state index in [1.165, 1.54) is 4.90 Å². The summed E-state index contributed by atoms with van der Waals surface area (Å²) in [6.45, 7) is 0.266. The van der Waals surface area contributed by atoms with Crippen molar-refractivity contribution < 1.29 is 26.7 Å². The molecule has 2 aromatic rings. The van der Waals surface area contributed by atoms with E-state index in [0.717, 1.165) is 15.9 Å². The standard InChI is InChI=1S/C19H16BrClF2N2O4S/c20-15-8-13(22)9-16(23)18(15)30(27,28)24-5-3-14(4-6-24)25-17-2-1-12(21)7-11(17)10-29-19(25)26/h1-2,7-9,14H,3-6,10H2. The fourth-order valence-electron chi connectivity index (χ4n) is 3.80. The fraction of sp³-hybridized carbons (Fsp3) is 0.316. The number of cyclic esters (lactones) is 1. The highest BCUT2D eigenvalue weighted by molar-refractivity contribution is 9.10. The number of carbonyl (C=O) groups excluding carboxylic acids is 1. The molecule has 6 nitrogen and oxygen atoms in total. The van der Waals surface area contributed by atoms with Gasteiger partial charge in [0.25, 0.3) is 0 Å². The third-order valence-corrected chi connectivity index (χ3v) is 8.30. The molecule has 0 bridgehead atoms. The van der Waals surface area contributed by atoms with Crippen LogP contribution in [0, 0.1) is 11.6 Å². The second-order valence-electron chi connectivity index (χ2n) is 7.03. The summed E-state index contributed by atoms with van der Waals surface area (Å²) in [4.78, 5) is 13.3. The van der Waals surface area contributed by atoms with Gasteiger partial charge in [0.2, 0.25) is 10.0 Å². The van der Waals surface area contributed by atoms with Gasteiger partial charge in [0, 0.05) is 40.3 Å². The summed E-state index contributed by atoms with van der Waals surface area (Å²) in [5.41, 5.74) is 1.46. The summed E-state index contributed by atoms with van der Waals surface area (Å²) >= 11 is 8.96. The summed E-state index contributed by atoms with van der Waals surface area (Å²) in [6, 6.07) is 6.31. The normalized spacial score (nSPS) is 18.3. The molecule has 0 unspecified atom stereocenters. The van der Waals surface area contributed by atoms with E-state index >= 15 is 0 Å². The summed E-state index contributed by atoms with van der Waals surface area (Å²) in [5.74, 6) is -2.03. The molecule has 4 rings (SSSR count). The van der Waals surface area contributed by atoms with Gasteiger partial charge in [-0.15, -0.1) is 0 Å². The Hall–Kier alpha value is -1.75. The average Bonchev–Trinajstić information content (AvgIpc) is 2.67. The van der Waals surface area contributed by atoms with Gasteiger partial charge in [-0.1, -0.05) is 11.6 Å². The highest BCUT2D eigenvalue weighted by atomic mass is 79.9. The number of benzene rings is 2. The lowest BCUT2D eigenvalue weighted by atomic mass is 10.0. The zero-order valence-electron chi connectivity index (χ0n) is 15.4. The molecular formula is C19H16BrClF2N2O4S. The van der Waals surface area contributed by atoms with Crippen LogP contribution < -0.4 is 4.90 Å². The number of fused-ring (bicyclic) bond motifs is 1. The van der Waals surface area contributed by atoms with Gasteiger partial charge in [-0.25, -0.2) is 22.0 Å². The van der Waals surface area contributed by atoms with Crippen LogP contribution in [0.5, 0.6) is 0 Å². The molecule has 2 aromatic carbocycles. The van der Waals surface area contributed by atoms with Gasteiger partial charge in [-0.2, -0.15) is 4.31 Å². The first-order valence-corrected chi connectivity index (χ1v) is 11.7. The van der Waals surface area contributed by atoms with E-state index in [4.69, 9.17) is 16.3 Å². The number of hydrogen-bond acceptors (Lipinski definition) is 4. The van der Waals surface area contributed by atoms with Gasteiger partial charge in [0.05, 0.1) is 5.69 Å². The lowest BCUT2D eigenvalue weighted by Gasteiger charge is -2.39. The molecule has 0 aromatic heterocycles. The van der Waals surface area contributed by atoms with E-state index in [2.05, 4.69) is 15.9 Å². The number of carbonyl (C=O) groups is 1. The minimum Gasteiger partial charge on any atom is -0.444 e. The van der Waals surface area contributed by atoms with Gasteiger partial charge < -0.3 is 4.74 Å². The predicted octanol–water partition coefficient (Wildman–Crippen LogP) is 4.69. The van der Waals surface area contributed by atoms with Gasteiger partial charge in [0.1, 0.15) is 23.1 Å². The predicted molar refractivity (Wildman–Crippen MR) is 110 cm³/mol. The van der Waals surface area contributed by atoms with Gasteiger partial charge in [-0.05, 0) is 53.0 Å². The molecular weight excluding hydrogens is 506 g/mol. The highest BCUT2D eigenvalue weighted by Crippen LogP contribution is 2.35. The van der Waals surface area contributed by atoms with E-state index < -0.39 is 32.6 Å². The summed E-state index contributed by atoms with van der Waals surface area (Å²) in [6.07, 6.45) is 0.159. The minimum atomic E-state index is -4.18. The number of halogens is 4. The van der Waals surface area contributed by atoms with Crippen molar-refractivity contribution in [1.29, 1.82) is 0 Å². The second kappa shape index (κ2) is 8.07. The van der Waals surface area contributed by atoms with Crippen molar-refractivity contribution in [3.8, 4) is 0 Å². The molecule has 11 heteroatoms. The van der Waals surface area contributed by atoms with E-state index in [-0.39, 0.29) is 30.2 Å². The number of sulfonamides is 1. The number of piperidine rings is 1. The van der Waals surface area contributed by atoms with E-state index in [1.54, 1.807) is 18.2 Å². The Balaban J connectivity index is 1.56. The molecule has 30 heavy (non-hydrogen) atoms. The number of rotatable bonds is 3. The molecule has 1 amide bonds. The number of amides is 1. The maximum absolute atomic E-state index is 14.2. The van der Waals surface area contributed by atoms with Crippen LogP contribution in [0.3, 0.4) is 0 Å². The highest BCUT2D eigenvalue weighted by Gasteiger charge is 2.38. The monoisotopic (exact) mass is 520 g/mol. The first-order chi connectivity index (χ1) is 14.2.